The minimum absolute atomic E-state index is 0.119. The van der Waals surface area contributed by atoms with E-state index in [1.807, 2.05) is 13.0 Å². The molecule has 1 aromatic carbocycles. The summed E-state index contributed by atoms with van der Waals surface area (Å²) < 4.78 is 12.0. The van der Waals surface area contributed by atoms with E-state index in [9.17, 15) is 9.59 Å². The number of nitrogens with one attached hydrogen (secondary N) is 1. The van der Waals surface area contributed by atoms with Gasteiger partial charge in [0.05, 0.1) is 19.3 Å². The molecule has 0 aliphatic carbocycles. The zero-order valence-electron chi connectivity index (χ0n) is 14.4. The fraction of sp³-hybridized carbons (Fsp3) is 0.333. The van der Waals surface area contributed by atoms with Crippen LogP contribution in [0.15, 0.2) is 30.3 Å². The van der Waals surface area contributed by atoms with E-state index in [2.05, 4.69) is 5.32 Å². The molecular formula is C18H22N2O4. The third kappa shape index (κ3) is 3.95. The lowest BCUT2D eigenvalue weighted by molar-refractivity contribution is -0.116. The van der Waals surface area contributed by atoms with Gasteiger partial charge in [-0.2, -0.15) is 0 Å². The van der Waals surface area contributed by atoms with Gasteiger partial charge in [-0.3, -0.25) is 4.79 Å². The molecule has 1 aromatic heterocycles. The van der Waals surface area contributed by atoms with Crippen molar-refractivity contribution >= 4 is 17.6 Å². The van der Waals surface area contributed by atoms with Gasteiger partial charge in [-0.15, -0.1) is 0 Å². The summed E-state index contributed by atoms with van der Waals surface area (Å²) in [4.78, 5) is 24.2. The lowest BCUT2D eigenvalue weighted by Crippen LogP contribution is -2.20. The van der Waals surface area contributed by atoms with E-state index < -0.39 is 0 Å². The highest BCUT2D eigenvalue weighted by Crippen LogP contribution is 2.18. The summed E-state index contributed by atoms with van der Waals surface area (Å²) in [5, 5.41) is 2.83. The van der Waals surface area contributed by atoms with Crippen LogP contribution in [0.1, 0.15) is 28.7 Å². The van der Waals surface area contributed by atoms with Gasteiger partial charge < -0.3 is 19.4 Å². The van der Waals surface area contributed by atoms with Crippen molar-refractivity contribution < 1.29 is 19.1 Å². The van der Waals surface area contributed by atoms with Crippen LogP contribution in [0.4, 0.5) is 5.69 Å². The van der Waals surface area contributed by atoms with E-state index in [0.29, 0.717) is 29.3 Å². The molecule has 6 heteroatoms. The monoisotopic (exact) mass is 330 g/mol. The highest BCUT2D eigenvalue weighted by atomic mass is 16.5. The summed E-state index contributed by atoms with van der Waals surface area (Å²) in [7, 11) is 1.57. The third-order valence-corrected chi connectivity index (χ3v) is 3.72. The van der Waals surface area contributed by atoms with Gasteiger partial charge in [0.2, 0.25) is 5.91 Å². The summed E-state index contributed by atoms with van der Waals surface area (Å²) >= 11 is 0. The molecule has 0 atom stereocenters. The number of aromatic nitrogens is 1. The Kier molecular flexibility index (Phi) is 5.63. The number of hydrogen-bond donors (Lipinski definition) is 1. The molecular weight excluding hydrogens is 308 g/mol. The number of benzene rings is 1. The zero-order valence-corrected chi connectivity index (χ0v) is 14.4. The summed E-state index contributed by atoms with van der Waals surface area (Å²) in [6.07, 6.45) is 0. The molecule has 0 aliphatic rings. The fourth-order valence-electron chi connectivity index (χ4n) is 2.50. The van der Waals surface area contributed by atoms with Crippen LogP contribution in [-0.2, 0) is 16.1 Å². The Bertz CT molecular complexity index is 749. The maximum atomic E-state index is 12.3. The first-order valence-corrected chi connectivity index (χ1v) is 7.74. The van der Waals surface area contributed by atoms with E-state index in [0.717, 1.165) is 5.69 Å². The molecule has 0 unspecified atom stereocenters. The average Bonchev–Trinajstić information content (AvgIpc) is 2.83. The Labute approximate surface area is 141 Å². The lowest BCUT2D eigenvalue weighted by atomic mass is 10.2. The molecule has 0 fully saturated rings. The topological polar surface area (TPSA) is 69.6 Å². The smallest absolute Gasteiger partial charge is 0.339 e. The summed E-state index contributed by atoms with van der Waals surface area (Å²) in [6.45, 7) is 5.86. The van der Waals surface area contributed by atoms with Crippen LogP contribution in [0.25, 0.3) is 0 Å². The SMILES string of the molecule is CCOC(=O)c1cc(C)n(CC(=O)Nc2cccc(OC)c2)c1C. The average molecular weight is 330 g/mol. The molecule has 0 aliphatic heterocycles. The molecule has 1 amide bonds. The van der Waals surface area contributed by atoms with Crippen LogP contribution < -0.4 is 10.1 Å². The number of esters is 1. The van der Waals surface area contributed by atoms with Crippen LogP contribution in [0.3, 0.4) is 0 Å². The van der Waals surface area contributed by atoms with E-state index >= 15 is 0 Å². The number of nitrogens with zero attached hydrogens (tertiary/aromatic N) is 1. The van der Waals surface area contributed by atoms with Gasteiger partial charge in [0.15, 0.2) is 0 Å². The number of anilines is 1. The first kappa shape index (κ1) is 17.6. The molecule has 24 heavy (non-hydrogen) atoms. The normalized spacial score (nSPS) is 10.3. The molecule has 2 rings (SSSR count). The van der Waals surface area contributed by atoms with Crippen molar-refractivity contribution in [2.45, 2.75) is 27.3 Å². The molecule has 1 N–H and O–H groups in total. The molecule has 2 aromatic rings. The van der Waals surface area contributed by atoms with E-state index in [4.69, 9.17) is 9.47 Å². The maximum Gasteiger partial charge on any atom is 0.339 e. The van der Waals surface area contributed by atoms with Gasteiger partial charge in [0, 0.05) is 23.1 Å². The number of amides is 1. The number of carbonyl (C=O) groups excluding carboxylic acids is 2. The van der Waals surface area contributed by atoms with E-state index in [1.54, 1.807) is 49.8 Å². The lowest BCUT2D eigenvalue weighted by Gasteiger charge is -2.11. The second-order valence-electron chi connectivity index (χ2n) is 5.37. The first-order valence-electron chi connectivity index (χ1n) is 7.74. The first-order chi connectivity index (χ1) is 11.5. The van der Waals surface area contributed by atoms with Crippen molar-refractivity contribution in [3.05, 3.63) is 47.3 Å². The molecule has 0 radical (unpaired) electrons. The molecule has 0 bridgehead atoms. The van der Waals surface area contributed by atoms with Crippen LogP contribution in [-0.4, -0.2) is 30.2 Å². The van der Waals surface area contributed by atoms with Crippen LogP contribution in [0, 0.1) is 13.8 Å². The Morgan fingerprint density at radius 1 is 1.21 bits per heavy atom. The number of hydrogen-bond acceptors (Lipinski definition) is 4. The summed E-state index contributed by atoms with van der Waals surface area (Å²) in [6, 6.07) is 8.89. The Balaban J connectivity index is 2.12. The number of carbonyl (C=O) groups is 2. The molecule has 1 heterocycles. The highest BCUT2D eigenvalue weighted by Gasteiger charge is 2.18. The third-order valence-electron chi connectivity index (χ3n) is 3.72. The number of aryl methyl sites for hydroxylation is 1. The molecule has 0 saturated heterocycles. The maximum absolute atomic E-state index is 12.3. The van der Waals surface area contributed by atoms with Gasteiger partial charge in [0.1, 0.15) is 12.3 Å². The second-order valence-corrected chi connectivity index (χ2v) is 5.37. The van der Waals surface area contributed by atoms with Gasteiger partial charge in [-0.05, 0) is 39.0 Å². The van der Waals surface area contributed by atoms with E-state index in [-0.39, 0.29) is 18.4 Å². The highest BCUT2D eigenvalue weighted by molar-refractivity contribution is 5.93. The predicted molar refractivity (Wildman–Crippen MR) is 91.5 cm³/mol. The summed E-state index contributed by atoms with van der Waals surface area (Å²) in [5.74, 6) is 0.122. The van der Waals surface area contributed by atoms with Gasteiger partial charge >= 0.3 is 5.97 Å². The van der Waals surface area contributed by atoms with Crippen molar-refractivity contribution in [1.82, 2.24) is 4.57 Å². The van der Waals surface area contributed by atoms with Gasteiger partial charge in [-0.1, -0.05) is 6.07 Å². The standard InChI is InChI=1S/C18H22N2O4/c1-5-24-18(22)16-9-12(2)20(13(16)3)11-17(21)19-14-7-6-8-15(10-14)23-4/h6-10H,5,11H2,1-4H3,(H,19,21). The van der Waals surface area contributed by atoms with Crippen molar-refractivity contribution in [2.24, 2.45) is 0 Å². The van der Waals surface area contributed by atoms with Crippen LogP contribution >= 0.6 is 0 Å². The zero-order chi connectivity index (χ0) is 17.7. The van der Waals surface area contributed by atoms with E-state index in [1.165, 1.54) is 0 Å². The van der Waals surface area contributed by atoms with Crippen LogP contribution in [0.2, 0.25) is 0 Å². The minimum Gasteiger partial charge on any atom is -0.497 e. The second kappa shape index (κ2) is 7.68. The number of rotatable bonds is 6. The van der Waals surface area contributed by atoms with Gasteiger partial charge in [0.25, 0.3) is 0 Å². The predicted octanol–water partition coefficient (Wildman–Crippen LogP) is 2.93. The molecule has 128 valence electrons. The molecule has 0 spiro atoms. The number of methoxy groups -OCH3 is 1. The van der Waals surface area contributed by atoms with Crippen molar-refractivity contribution in [3.63, 3.8) is 0 Å². The van der Waals surface area contributed by atoms with Crippen molar-refractivity contribution in [3.8, 4) is 5.75 Å². The van der Waals surface area contributed by atoms with Crippen molar-refractivity contribution in [2.75, 3.05) is 19.0 Å². The fourth-order valence-corrected chi connectivity index (χ4v) is 2.50. The van der Waals surface area contributed by atoms with Crippen molar-refractivity contribution in [1.29, 1.82) is 0 Å². The summed E-state index contributed by atoms with van der Waals surface area (Å²) in [5.41, 5.74) is 2.69. The largest absolute Gasteiger partial charge is 0.497 e. The number of ether oxygens (including phenoxy) is 2. The Morgan fingerprint density at radius 2 is 1.96 bits per heavy atom. The van der Waals surface area contributed by atoms with Crippen LogP contribution in [0.5, 0.6) is 5.75 Å². The van der Waals surface area contributed by atoms with Gasteiger partial charge in [-0.25, -0.2) is 4.79 Å². The Morgan fingerprint density at radius 3 is 2.62 bits per heavy atom. The molecule has 0 saturated carbocycles. The molecule has 6 nitrogen and oxygen atoms in total. The quantitative estimate of drug-likeness (QED) is 0.827. The Hall–Kier alpha value is -2.76. The minimum atomic E-state index is -0.370.